The molecule has 0 fully saturated rings. The van der Waals surface area contributed by atoms with Gasteiger partial charge < -0.3 is 4.74 Å². The quantitative estimate of drug-likeness (QED) is 0.364. The molecule has 0 aliphatic rings. The summed E-state index contributed by atoms with van der Waals surface area (Å²) in [4.78, 5) is 12.4. The molecule has 0 aliphatic carbocycles. The molecule has 0 aliphatic heterocycles. The Kier molecular flexibility index (Phi) is 5.31. The molecule has 1 rings (SSSR count). The van der Waals surface area contributed by atoms with Crippen LogP contribution in [0.2, 0.25) is 0 Å². The van der Waals surface area contributed by atoms with E-state index in [-0.39, 0.29) is 17.1 Å². The Hall–Kier alpha value is -1.20. The largest absolute Gasteiger partial charge is 0.496 e. The van der Waals surface area contributed by atoms with Gasteiger partial charge in [-0.05, 0) is 12.1 Å². The van der Waals surface area contributed by atoms with Crippen LogP contribution in [0.4, 0.5) is 0 Å². The average molecular weight is 254 g/mol. The molecule has 3 N–H and O–H groups in total. The second-order valence-corrected chi connectivity index (χ2v) is 5.19. The predicted molar refractivity (Wildman–Crippen MR) is 69.8 cm³/mol. The van der Waals surface area contributed by atoms with E-state index in [9.17, 15) is 4.79 Å². The third-order valence-corrected chi connectivity index (χ3v) is 4.01. The summed E-state index contributed by atoms with van der Waals surface area (Å²) in [6, 6.07) is 7.75. The summed E-state index contributed by atoms with van der Waals surface area (Å²) < 4.78 is 5.27. The number of hydrazine groups is 1. The van der Waals surface area contributed by atoms with Crippen molar-refractivity contribution in [2.24, 2.45) is 11.8 Å². The van der Waals surface area contributed by atoms with E-state index in [2.05, 4.69) is 5.43 Å². The topological polar surface area (TPSA) is 64.3 Å². The number of rotatable bonds is 5. The van der Waals surface area contributed by atoms with Crippen molar-refractivity contribution < 1.29 is 9.53 Å². The van der Waals surface area contributed by atoms with Gasteiger partial charge in [0.15, 0.2) is 0 Å². The highest BCUT2D eigenvalue weighted by Gasteiger charge is 2.21. The smallest absolute Gasteiger partial charge is 0.237 e. The van der Waals surface area contributed by atoms with Crippen LogP contribution in [0.25, 0.3) is 0 Å². The van der Waals surface area contributed by atoms with Crippen molar-refractivity contribution in [1.82, 2.24) is 5.43 Å². The number of hydrogen-bond acceptors (Lipinski definition) is 4. The van der Waals surface area contributed by atoms with Crippen LogP contribution in [-0.2, 0) is 4.79 Å². The van der Waals surface area contributed by atoms with Gasteiger partial charge in [0.1, 0.15) is 5.75 Å². The molecule has 2 unspecified atom stereocenters. The van der Waals surface area contributed by atoms with Gasteiger partial charge >= 0.3 is 0 Å². The van der Waals surface area contributed by atoms with E-state index in [0.29, 0.717) is 0 Å². The SMILES string of the molecule is COc1ccccc1SC(C)C(C)C(=O)NN. The normalized spacial score (nSPS) is 13.9. The first-order chi connectivity index (χ1) is 8.10. The number of carbonyl (C=O) groups excluding carboxylic acids is 1. The summed E-state index contributed by atoms with van der Waals surface area (Å²) in [6.45, 7) is 3.85. The molecule has 2 atom stereocenters. The molecule has 5 heteroatoms. The van der Waals surface area contributed by atoms with Crippen molar-refractivity contribution >= 4 is 17.7 Å². The highest BCUT2D eigenvalue weighted by molar-refractivity contribution is 8.00. The van der Waals surface area contributed by atoms with Crippen LogP contribution in [0, 0.1) is 5.92 Å². The Labute approximate surface area is 106 Å². The fraction of sp³-hybridized carbons (Fsp3) is 0.417. The van der Waals surface area contributed by atoms with Crippen molar-refractivity contribution in [2.75, 3.05) is 7.11 Å². The summed E-state index contributed by atoms with van der Waals surface area (Å²) in [7, 11) is 1.64. The fourth-order valence-corrected chi connectivity index (χ4v) is 2.52. The molecule has 0 bridgehead atoms. The summed E-state index contributed by atoms with van der Waals surface area (Å²) in [5, 5.41) is 0.120. The summed E-state index contributed by atoms with van der Waals surface area (Å²) in [5.41, 5.74) is 2.18. The van der Waals surface area contributed by atoms with Gasteiger partial charge in [0.05, 0.1) is 7.11 Å². The van der Waals surface area contributed by atoms with Gasteiger partial charge in [-0.15, -0.1) is 11.8 Å². The number of ether oxygens (including phenoxy) is 1. The first-order valence-electron chi connectivity index (χ1n) is 5.40. The lowest BCUT2D eigenvalue weighted by molar-refractivity contribution is -0.124. The minimum absolute atomic E-state index is 0.120. The van der Waals surface area contributed by atoms with Gasteiger partial charge in [-0.2, -0.15) is 0 Å². The number of benzene rings is 1. The van der Waals surface area contributed by atoms with E-state index in [0.717, 1.165) is 10.6 Å². The number of nitrogens with one attached hydrogen (secondary N) is 1. The molecule has 17 heavy (non-hydrogen) atoms. The van der Waals surface area contributed by atoms with Gasteiger partial charge in [0.25, 0.3) is 0 Å². The van der Waals surface area contributed by atoms with E-state index < -0.39 is 0 Å². The van der Waals surface area contributed by atoms with Crippen LogP contribution in [0.5, 0.6) is 5.75 Å². The Balaban J connectivity index is 2.73. The van der Waals surface area contributed by atoms with Crippen LogP contribution in [0.15, 0.2) is 29.2 Å². The zero-order chi connectivity index (χ0) is 12.8. The minimum atomic E-state index is -0.157. The van der Waals surface area contributed by atoms with Gasteiger partial charge in [0, 0.05) is 16.1 Å². The molecule has 1 aromatic rings. The lowest BCUT2D eigenvalue weighted by atomic mass is 10.1. The molecule has 1 aromatic carbocycles. The zero-order valence-electron chi connectivity index (χ0n) is 10.3. The van der Waals surface area contributed by atoms with E-state index >= 15 is 0 Å². The molecule has 0 saturated heterocycles. The summed E-state index contributed by atoms with van der Waals surface area (Å²) >= 11 is 1.61. The Morgan fingerprint density at radius 1 is 1.41 bits per heavy atom. The second kappa shape index (κ2) is 6.51. The molecule has 0 saturated carbocycles. The maximum Gasteiger partial charge on any atom is 0.237 e. The maximum atomic E-state index is 11.4. The van der Waals surface area contributed by atoms with E-state index in [4.69, 9.17) is 10.6 Å². The number of methoxy groups -OCH3 is 1. The third kappa shape index (κ3) is 3.64. The lowest BCUT2D eigenvalue weighted by Crippen LogP contribution is -2.38. The van der Waals surface area contributed by atoms with E-state index in [1.807, 2.05) is 38.1 Å². The molecule has 0 spiro atoms. The Morgan fingerprint density at radius 2 is 2.06 bits per heavy atom. The number of carbonyl (C=O) groups is 1. The van der Waals surface area contributed by atoms with Crippen LogP contribution in [0.1, 0.15) is 13.8 Å². The molecule has 1 amide bonds. The number of hydrogen-bond donors (Lipinski definition) is 2. The summed E-state index contributed by atoms with van der Waals surface area (Å²) in [6.07, 6.45) is 0. The molecule has 0 heterocycles. The van der Waals surface area contributed by atoms with Crippen molar-refractivity contribution in [3.8, 4) is 5.75 Å². The van der Waals surface area contributed by atoms with Gasteiger partial charge in [0.2, 0.25) is 5.91 Å². The van der Waals surface area contributed by atoms with Gasteiger partial charge in [-0.1, -0.05) is 26.0 Å². The molecular formula is C12H18N2O2S. The van der Waals surface area contributed by atoms with Crippen molar-refractivity contribution in [1.29, 1.82) is 0 Å². The second-order valence-electron chi connectivity index (χ2n) is 3.77. The van der Waals surface area contributed by atoms with Gasteiger partial charge in [-0.25, -0.2) is 5.84 Å². The number of amides is 1. The molecule has 4 nitrogen and oxygen atoms in total. The Bertz CT molecular complexity index is 385. The molecular weight excluding hydrogens is 236 g/mol. The van der Waals surface area contributed by atoms with Crippen LogP contribution in [0.3, 0.4) is 0 Å². The van der Waals surface area contributed by atoms with Crippen molar-refractivity contribution in [3.05, 3.63) is 24.3 Å². The molecule has 0 radical (unpaired) electrons. The highest BCUT2D eigenvalue weighted by atomic mass is 32.2. The fourth-order valence-electron chi connectivity index (χ4n) is 1.36. The number of thioether (sulfide) groups is 1. The Morgan fingerprint density at radius 3 is 2.65 bits per heavy atom. The maximum absolute atomic E-state index is 11.4. The first kappa shape index (κ1) is 13.9. The standard InChI is InChI=1S/C12H18N2O2S/c1-8(12(15)14-13)9(2)17-11-7-5-4-6-10(11)16-3/h4-9H,13H2,1-3H3,(H,14,15). The minimum Gasteiger partial charge on any atom is -0.496 e. The first-order valence-corrected chi connectivity index (χ1v) is 6.28. The van der Waals surface area contributed by atoms with Crippen molar-refractivity contribution in [3.63, 3.8) is 0 Å². The molecule has 94 valence electrons. The van der Waals surface area contributed by atoms with E-state index in [1.54, 1.807) is 18.9 Å². The third-order valence-electron chi connectivity index (χ3n) is 2.64. The van der Waals surface area contributed by atoms with E-state index in [1.165, 1.54) is 0 Å². The lowest BCUT2D eigenvalue weighted by Gasteiger charge is -2.18. The molecule has 0 aromatic heterocycles. The predicted octanol–water partition coefficient (Wildman–Crippen LogP) is 1.80. The van der Waals surface area contributed by atoms with Crippen LogP contribution < -0.4 is 16.0 Å². The number of para-hydroxylation sites is 1. The average Bonchev–Trinajstić information content (AvgIpc) is 2.37. The highest BCUT2D eigenvalue weighted by Crippen LogP contribution is 2.34. The number of nitrogens with two attached hydrogens (primary N) is 1. The monoisotopic (exact) mass is 254 g/mol. The van der Waals surface area contributed by atoms with Gasteiger partial charge in [-0.3, -0.25) is 10.2 Å². The van der Waals surface area contributed by atoms with Crippen LogP contribution in [-0.4, -0.2) is 18.3 Å². The van der Waals surface area contributed by atoms with Crippen LogP contribution >= 0.6 is 11.8 Å². The summed E-state index contributed by atoms with van der Waals surface area (Å²) in [5.74, 6) is 5.64. The zero-order valence-corrected chi connectivity index (χ0v) is 11.1. The van der Waals surface area contributed by atoms with Crippen molar-refractivity contribution in [2.45, 2.75) is 24.0 Å².